The zero-order valence-corrected chi connectivity index (χ0v) is 13.9. The molecule has 0 amide bonds. The molecule has 1 unspecified atom stereocenters. The van der Waals surface area contributed by atoms with Crippen molar-refractivity contribution in [2.24, 2.45) is 5.92 Å². The van der Waals surface area contributed by atoms with Gasteiger partial charge in [-0.05, 0) is 33.1 Å². The molecule has 0 aromatic heterocycles. The number of ether oxygens (including phenoxy) is 2. The summed E-state index contributed by atoms with van der Waals surface area (Å²) in [7, 11) is 0. The third kappa shape index (κ3) is 5.49. The summed E-state index contributed by atoms with van der Waals surface area (Å²) in [6, 6.07) is 0. The van der Waals surface area contributed by atoms with Crippen molar-refractivity contribution in [2.75, 3.05) is 0 Å². The second-order valence-electron chi connectivity index (χ2n) is 7.19. The van der Waals surface area contributed by atoms with Gasteiger partial charge in [-0.15, -0.1) is 0 Å². The highest BCUT2D eigenvalue weighted by molar-refractivity contribution is 4.98. The lowest BCUT2D eigenvalue weighted by Crippen LogP contribution is -2.61. The first-order valence-electron chi connectivity index (χ1n) is 7.85. The minimum atomic E-state index is -5.73. The smallest absolute Gasteiger partial charge is 0.346 e. The fourth-order valence-electron chi connectivity index (χ4n) is 2.87. The number of alkyl halides is 6. The van der Waals surface area contributed by atoms with Crippen LogP contribution in [-0.2, 0) is 9.47 Å². The topological polar surface area (TPSA) is 38.7 Å². The number of aliphatic hydroxyl groups excluding tert-OH is 1. The van der Waals surface area contributed by atoms with E-state index >= 15 is 0 Å². The number of hydrogen-bond acceptors (Lipinski definition) is 3. The van der Waals surface area contributed by atoms with Crippen LogP contribution in [0.4, 0.5) is 26.3 Å². The molecule has 9 heteroatoms. The highest BCUT2D eigenvalue weighted by Crippen LogP contribution is 2.51. The van der Waals surface area contributed by atoms with Gasteiger partial charge in [0, 0.05) is 0 Å². The zero-order valence-electron chi connectivity index (χ0n) is 13.9. The third-order valence-corrected chi connectivity index (χ3v) is 3.97. The quantitative estimate of drug-likeness (QED) is 0.554. The summed E-state index contributed by atoms with van der Waals surface area (Å²) in [5, 5.41) is 9.53. The Labute approximate surface area is 137 Å². The van der Waals surface area contributed by atoms with E-state index in [9.17, 15) is 31.4 Å². The standard InChI is InChI=1S/C15H24F6O3/c1-12(2,3)23-11(22)24-13(14(16,17)18,15(19,20)21)9-10-7-5-4-6-8-10/h10-11,22H,4-9H2,1-3H3. The Morgan fingerprint density at radius 3 is 1.71 bits per heavy atom. The molecule has 0 saturated heterocycles. The Morgan fingerprint density at radius 2 is 1.33 bits per heavy atom. The van der Waals surface area contributed by atoms with E-state index in [2.05, 4.69) is 4.74 Å². The highest BCUT2D eigenvalue weighted by atomic mass is 19.4. The van der Waals surface area contributed by atoms with E-state index in [0.29, 0.717) is 12.8 Å². The van der Waals surface area contributed by atoms with Crippen LogP contribution in [0.15, 0.2) is 0 Å². The van der Waals surface area contributed by atoms with Crippen molar-refractivity contribution in [3.05, 3.63) is 0 Å². The lowest BCUT2D eigenvalue weighted by molar-refractivity contribution is -0.447. The van der Waals surface area contributed by atoms with Crippen LogP contribution in [0.5, 0.6) is 0 Å². The molecule has 0 aromatic rings. The minimum absolute atomic E-state index is 0.271. The van der Waals surface area contributed by atoms with Crippen LogP contribution in [-0.4, -0.2) is 35.1 Å². The van der Waals surface area contributed by atoms with Crippen molar-refractivity contribution in [1.29, 1.82) is 0 Å². The summed E-state index contributed by atoms with van der Waals surface area (Å²) in [6.45, 7) is 1.49. The first kappa shape index (κ1) is 21.5. The maximum atomic E-state index is 13.4. The maximum Gasteiger partial charge on any atom is 0.426 e. The molecule has 3 nitrogen and oxygen atoms in total. The predicted octanol–water partition coefficient (Wildman–Crippen LogP) is 4.93. The molecule has 0 aliphatic heterocycles. The maximum absolute atomic E-state index is 13.4. The monoisotopic (exact) mass is 366 g/mol. The molecule has 0 radical (unpaired) electrons. The molecule has 0 aromatic carbocycles. The normalized spacial score (nSPS) is 20.2. The Balaban J connectivity index is 3.12. The van der Waals surface area contributed by atoms with Gasteiger partial charge in [0.2, 0.25) is 0 Å². The Bertz CT molecular complexity index is 379. The molecule has 1 rings (SSSR count). The van der Waals surface area contributed by atoms with Gasteiger partial charge >= 0.3 is 12.4 Å². The average molecular weight is 366 g/mol. The second-order valence-corrected chi connectivity index (χ2v) is 7.19. The van der Waals surface area contributed by atoms with Gasteiger partial charge in [-0.25, -0.2) is 0 Å². The van der Waals surface area contributed by atoms with E-state index in [1.165, 1.54) is 20.8 Å². The van der Waals surface area contributed by atoms with Gasteiger partial charge in [0.05, 0.1) is 5.60 Å². The predicted molar refractivity (Wildman–Crippen MR) is 74.0 cm³/mol. The molecule has 1 saturated carbocycles. The van der Waals surface area contributed by atoms with Gasteiger partial charge in [0.25, 0.3) is 12.1 Å². The number of hydrogen-bond donors (Lipinski definition) is 1. The molecular formula is C15H24F6O3. The summed E-state index contributed by atoms with van der Waals surface area (Å²) >= 11 is 0. The molecule has 1 fully saturated rings. The van der Waals surface area contributed by atoms with Crippen molar-refractivity contribution in [3.8, 4) is 0 Å². The summed E-state index contributed by atoms with van der Waals surface area (Å²) in [4.78, 5) is 0. The van der Waals surface area contributed by atoms with E-state index in [1.54, 1.807) is 0 Å². The summed E-state index contributed by atoms with van der Waals surface area (Å²) in [6.07, 6.45) is -10.2. The number of halogens is 6. The van der Waals surface area contributed by atoms with Crippen LogP contribution in [0, 0.1) is 5.92 Å². The van der Waals surface area contributed by atoms with Gasteiger partial charge in [0.1, 0.15) is 0 Å². The molecule has 0 spiro atoms. The number of aliphatic hydroxyl groups is 1. The van der Waals surface area contributed by atoms with Crippen molar-refractivity contribution in [2.45, 2.75) is 89.3 Å². The Hall–Kier alpha value is -0.540. The lowest BCUT2D eigenvalue weighted by Gasteiger charge is -2.41. The SMILES string of the molecule is CC(C)(C)OC(O)OC(CC1CCCCC1)(C(F)(F)F)C(F)(F)F. The second kappa shape index (κ2) is 7.37. The van der Waals surface area contributed by atoms with Gasteiger partial charge in [0.15, 0.2) is 0 Å². The van der Waals surface area contributed by atoms with Crippen molar-refractivity contribution >= 4 is 0 Å². The Morgan fingerprint density at radius 1 is 0.875 bits per heavy atom. The largest absolute Gasteiger partial charge is 0.426 e. The lowest BCUT2D eigenvalue weighted by atomic mass is 9.80. The highest BCUT2D eigenvalue weighted by Gasteiger charge is 2.73. The van der Waals surface area contributed by atoms with Crippen LogP contribution in [0.3, 0.4) is 0 Å². The zero-order chi connectivity index (χ0) is 18.8. The summed E-state index contributed by atoms with van der Waals surface area (Å²) < 4.78 is 89.3. The third-order valence-electron chi connectivity index (χ3n) is 3.97. The molecular weight excluding hydrogens is 342 g/mol. The molecule has 24 heavy (non-hydrogen) atoms. The van der Waals surface area contributed by atoms with Gasteiger partial charge in [-0.3, -0.25) is 0 Å². The van der Waals surface area contributed by atoms with Crippen LogP contribution in [0.25, 0.3) is 0 Å². The summed E-state index contributed by atoms with van der Waals surface area (Å²) in [5.74, 6) is -0.774. The van der Waals surface area contributed by atoms with E-state index in [1.807, 2.05) is 0 Å². The first-order valence-corrected chi connectivity index (χ1v) is 7.85. The molecule has 1 atom stereocenters. The first-order chi connectivity index (χ1) is 10.7. The molecule has 144 valence electrons. The van der Waals surface area contributed by atoms with Crippen molar-refractivity contribution in [3.63, 3.8) is 0 Å². The Kier molecular flexibility index (Phi) is 6.60. The number of rotatable bonds is 5. The minimum Gasteiger partial charge on any atom is -0.346 e. The van der Waals surface area contributed by atoms with Gasteiger partial charge in [-0.1, -0.05) is 32.1 Å². The molecule has 0 bridgehead atoms. The van der Waals surface area contributed by atoms with E-state index in [0.717, 1.165) is 6.42 Å². The molecule has 1 N–H and O–H groups in total. The average Bonchev–Trinajstić information content (AvgIpc) is 2.34. The van der Waals surface area contributed by atoms with E-state index in [-0.39, 0.29) is 12.8 Å². The van der Waals surface area contributed by atoms with Crippen LogP contribution < -0.4 is 0 Å². The van der Waals surface area contributed by atoms with Crippen LogP contribution >= 0.6 is 0 Å². The fraction of sp³-hybridized carbons (Fsp3) is 1.00. The summed E-state index contributed by atoms with van der Waals surface area (Å²) in [5.41, 5.74) is -5.63. The molecule has 1 aliphatic carbocycles. The van der Waals surface area contributed by atoms with Crippen LogP contribution in [0.1, 0.15) is 59.3 Å². The molecule has 1 aliphatic rings. The van der Waals surface area contributed by atoms with E-state index < -0.39 is 42.4 Å². The van der Waals surface area contributed by atoms with Gasteiger partial charge in [-0.2, -0.15) is 26.3 Å². The van der Waals surface area contributed by atoms with Crippen molar-refractivity contribution < 1.29 is 40.9 Å². The van der Waals surface area contributed by atoms with E-state index in [4.69, 9.17) is 4.74 Å². The van der Waals surface area contributed by atoms with Gasteiger partial charge < -0.3 is 14.6 Å². The van der Waals surface area contributed by atoms with Crippen molar-refractivity contribution in [1.82, 2.24) is 0 Å². The van der Waals surface area contributed by atoms with Crippen LogP contribution in [0.2, 0.25) is 0 Å². The molecule has 0 heterocycles. The fourth-order valence-corrected chi connectivity index (χ4v) is 2.87.